The molecule has 0 aliphatic carbocycles. The maximum atomic E-state index is 5.60. The molecule has 0 saturated heterocycles. The summed E-state index contributed by atoms with van der Waals surface area (Å²) >= 11 is 0. The first-order chi connectivity index (χ1) is 7.83. The first-order valence-corrected chi connectivity index (χ1v) is 5.01. The first-order valence-electron chi connectivity index (χ1n) is 5.01. The number of benzene rings is 1. The van der Waals surface area contributed by atoms with Gasteiger partial charge >= 0.3 is 0 Å². The third-order valence-electron chi connectivity index (χ3n) is 2.38. The van der Waals surface area contributed by atoms with Crippen LogP contribution in [-0.4, -0.2) is 21.9 Å². The Hall–Kier alpha value is -1.88. The van der Waals surface area contributed by atoms with Crippen LogP contribution in [0.4, 0.5) is 0 Å². The van der Waals surface area contributed by atoms with E-state index in [1.54, 1.807) is 18.1 Å². The molecule has 0 radical (unpaired) electrons. The summed E-state index contributed by atoms with van der Waals surface area (Å²) in [6.45, 7) is 1.16. The molecule has 5 heteroatoms. The Labute approximate surface area is 93.9 Å². The lowest BCUT2D eigenvalue weighted by molar-refractivity contribution is 0.409. The molecule has 1 aromatic heterocycles. The van der Waals surface area contributed by atoms with E-state index in [2.05, 4.69) is 10.1 Å². The zero-order valence-corrected chi connectivity index (χ0v) is 9.13. The molecule has 0 aliphatic rings. The van der Waals surface area contributed by atoms with Gasteiger partial charge in [0.1, 0.15) is 18.4 Å². The highest BCUT2D eigenvalue weighted by molar-refractivity contribution is 5.37. The van der Waals surface area contributed by atoms with E-state index < -0.39 is 0 Å². The van der Waals surface area contributed by atoms with Crippen LogP contribution in [0.2, 0.25) is 0 Å². The van der Waals surface area contributed by atoms with E-state index in [9.17, 15) is 0 Å². The molecule has 0 bridgehead atoms. The quantitative estimate of drug-likeness (QED) is 0.824. The molecule has 0 saturated carbocycles. The fourth-order valence-electron chi connectivity index (χ4n) is 1.56. The van der Waals surface area contributed by atoms with Crippen LogP contribution in [0.3, 0.4) is 0 Å². The fraction of sp³-hybridized carbons (Fsp3) is 0.273. The molecule has 2 aromatic rings. The SMILES string of the molecule is COc1cc(Cn2cncn2)ccc1CN. The van der Waals surface area contributed by atoms with Gasteiger partial charge in [0.2, 0.25) is 0 Å². The Morgan fingerprint density at radius 2 is 2.31 bits per heavy atom. The standard InChI is InChI=1S/C11H14N4O/c1-16-11-4-9(2-3-10(11)5-12)6-15-8-13-7-14-15/h2-4,7-8H,5-6,12H2,1H3. The normalized spacial score (nSPS) is 10.4. The third kappa shape index (κ3) is 2.20. The average Bonchev–Trinajstić information content (AvgIpc) is 2.81. The number of nitrogens with zero attached hydrogens (tertiary/aromatic N) is 3. The van der Waals surface area contributed by atoms with Crippen molar-refractivity contribution < 1.29 is 4.74 Å². The molecule has 1 aromatic carbocycles. The smallest absolute Gasteiger partial charge is 0.137 e. The van der Waals surface area contributed by atoms with E-state index >= 15 is 0 Å². The van der Waals surface area contributed by atoms with E-state index in [-0.39, 0.29) is 0 Å². The zero-order chi connectivity index (χ0) is 11.4. The Bertz CT molecular complexity index is 453. The highest BCUT2D eigenvalue weighted by Crippen LogP contribution is 2.19. The van der Waals surface area contributed by atoms with Crippen molar-refractivity contribution in [2.75, 3.05) is 7.11 Å². The van der Waals surface area contributed by atoms with Crippen LogP contribution < -0.4 is 10.5 Å². The topological polar surface area (TPSA) is 66.0 Å². The van der Waals surface area contributed by atoms with Crippen LogP contribution >= 0.6 is 0 Å². The maximum absolute atomic E-state index is 5.60. The number of hydrogen-bond acceptors (Lipinski definition) is 4. The molecular weight excluding hydrogens is 204 g/mol. The van der Waals surface area contributed by atoms with E-state index in [1.807, 2.05) is 18.2 Å². The van der Waals surface area contributed by atoms with Crippen molar-refractivity contribution in [3.8, 4) is 5.75 Å². The van der Waals surface area contributed by atoms with Gasteiger partial charge in [0, 0.05) is 12.1 Å². The van der Waals surface area contributed by atoms with Gasteiger partial charge in [-0.25, -0.2) is 9.67 Å². The summed E-state index contributed by atoms with van der Waals surface area (Å²) in [7, 11) is 1.65. The number of rotatable bonds is 4. The van der Waals surface area contributed by atoms with Gasteiger partial charge in [-0.3, -0.25) is 0 Å². The highest BCUT2D eigenvalue weighted by atomic mass is 16.5. The summed E-state index contributed by atoms with van der Waals surface area (Å²) in [5.41, 5.74) is 7.72. The molecule has 0 fully saturated rings. The van der Waals surface area contributed by atoms with E-state index in [0.717, 1.165) is 16.9 Å². The number of methoxy groups -OCH3 is 1. The molecule has 0 aliphatic heterocycles. The largest absolute Gasteiger partial charge is 0.496 e. The fourth-order valence-corrected chi connectivity index (χ4v) is 1.56. The van der Waals surface area contributed by atoms with Crippen molar-refractivity contribution >= 4 is 0 Å². The zero-order valence-electron chi connectivity index (χ0n) is 9.13. The van der Waals surface area contributed by atoms with Gasteiger partial charge in [0.25, 0.3) is 0 Å². The predicted molar refractivity (Wildman–Crippen MR) is 60.0 cm³/mol. The minimum absolute atomic E-state index is 0.479. The molecule has 16 heavy (non-hydrogen) atoms. The van der Waals surface area contributed by atoms with Gasteiger partial charge in [-0.05, 0) is 11.6 Å². The van der Waals surface area contributed by atoms with Crippen molar-refractivity contribution in [3.05, 3.63) is 42.0 Å². The summed E-state index contributed by atoms with van der Waals surface area (Å²) in [5.74, 6) is 0.820. The second-order valence-electron chi connectivity index (χ2n) is 3.44. The molecule has 0 atom stereocenters. The minimum atomic E-state index is 0.479. The Morgan fingerprint density at radius 1 is 1.44 bits per heavy atom. The molecule has 0 amide bonds. The van der Waals surface area contributed by atoms with Crippen LogP contribution in [0, 0.1) is 0 Å². The monoisotopic (exact) mass is 218 g/mol. The molecular formula is C11H14N4O. The Morgan fingerprint density at radius 3 is 2.94 bits per heavy atom. The lowest BCUT2D eigenvalue weighted by atomic mass is 10.1. The van der Waals surface area contributed by atoms with Crippen molar-refractivity contribution in [1.29, 1.82) is 0 Å². The molecule has 84 valence electrons. The maximum Gasteiger partial charge on any atom is 0.137 e. The summed E-state index contributed by atoms with van der Waals surface area (Å²) < 4.78 is 7.03. The molecule has 0 unspecified atom stereocenters. The highest BCUT2D eigenvalue weighted by Gasteiger charge is 2.03. The number of ether oxygens (including phenoxy) is 1. The molecule has 2 rings (SSSR count). The van der Waals surface area contributed by atoms with E-state index in [4.69, 9.17) is 10.5 Å². The number of nitrogens with two attached hydrogens (primary N) is 1. The minimum Gasteiger partial charge on any atom is -0.496 e. The van der Waals surface area contributed by atoms with Gasteiger partial charge in [0.15, 0.2) is 0 Å². The lowest BCUT2D eigenvalue weighted by Gasteiger charge is -2.09. The van der Waals surface area contributed by atoms with Crippen molar-refractivity contribution in [1.82, 2.24) is 14.8 Å². The summed E-state index contributed by atoms with van der Waals surface area (Å²) in [5, 5.41) is 4.05. The van der Waals surface area contributed by atoms with Crippen LogP contribution in [0.1, 0.15) is 11.1 Å². The van der Waals surface area contributed by atoms with E-state index in [0.29, 0.717) is 13.1 Å². The molecule has 2 N–H and O–H groups in total. The summed E-state index contributed by atoms with van der Waals surface area (Å²) in [6.07, 6.45) is 3.20. The Balaban J connectivity index is 2.22. The lowest BCUT2D eigenvalue weighted by Crippen LogP contribution is -2.03. The van der Waals surface area contributed by atoms with Crippen molar-refractivity contribution in [3.63, 3.8) is 0 Å². The second-order valence-corrected chi connectivity index (χ2v) is 3.44. The van der Waals surface area contributed by atoms with Crippen LogP contribution in [-0.2, 0) is 13.1 Å². The second kappa shape index (κ2) is 4.76. The Kier molecular flexibility index (Phi) is 3.16. The predicted octanol–water partition coefficient (Wildman–Crippen LogP) is 0.794. The number of aromatic nitrogens is 3. The van der Waals surface area contributed by atoms with Crippen LogP contribution in [0.15, 0.2) is 30.9 Å². The van der Waals surface area contributed by atoms with Crippen molar-refractivity contribution in [2.45, 2.75) is 13.1 Å². The van der Waals surface area contributed by atoms with Gasteiger partial charge < -0.3 is 10.5 Å². The van der Waals surface area contributed by atoms with Gasteiger partial charge in [-0.2, -0.15) is 5.10 Å². The third-order valence-corrected chi connectivity index (χ3v) is 2.38. The molecule has 1 heterocycles. The van der Waals surface area contributed by atoms with Gasteiger partial charge in [-0.1, -0.05) is 12.1 Å². The van der Waals surface area contributed by atoms with Gasteiger partial charge in [-0.15, -0.1) is 0 Å². The molecule has 5 nitrogen and oxygen atoms in total. The van der Waals surface area contributed by atoms with Crippen molar-refractivity contribution in [2.24, 2.45) is 5.73 Å². The van der Waals surface area contributed by atoms with Crippen LogP contribution in [0.5, 0.6) is 5.75 Å². The first kappa shape index (κ1) is 10.6. The summed E-state index contributed by atoms with van der Waals surface area (Å²) in [4.78, 5) is 3.90. The van der Waals surface area contributed by atoms with Crippen LogP contribution in [0.25, 0.3) is 0 Å². The number of hydrogen-bond donors (Lipinski definition) is 1. The summed E-state index contributed by atoms with van der Waals surface area (Å²) in [6, 6.07) is 5.97. The average molecular weight is 218 g/mol. The van der Waals surface area contributed by atoms with E-state index in [1.165, 1.54) is 6.33 Å². The molecule has 0 spiro atoms. The van der Waals surface area contributed by atoms with Gasteiger partial charge in [0.05, 0.1) is 13.7 Å².